The van der Waals surface area contributed by atoms with Gasteiger partial charge in [-0.1, -0.05) is 12.1 Å². The normalized spacial score (nSPS) is 15.2. The summed E-state index contributed by atoms with van der Waals surface area (Å²) >= 11 is 1.73. The summed E-state index contributed by atoms with van der Waals surface area (Å²) in [6.07, 6.45) is 3.22. The molecule has 32 heavy (non-hydrogen) atoms. The van der Waals surface area contributed by atoms with Crippen LogP contribution in [0.5, 0.6) is 0 Å². The van der Waals surface area contributed by atoms with Gasteiger partial charge >= 0.3 is 0 Å². The summed E-state index contributed by atoms with van der Waals surface area (Å²) in [7, 11) is 3.46. The highest BCUT2D eigenvalue weighted by Crippen LogP contribution is 2.19. The Hall–Kier alpha value is -1.72. The maximum Gasteiger partial charge on any atom is 0.251 e. The van der Waals surface area contributed by atoms with Crippen LogP contribution in [0, 0.1) is 12.8 Å². The van der Waals surface area contributed by atoms with Crippen LogP contribution in [0.25, 0.3) is 0 Å². The standard InChI is InChI=1S/C23H34N6OS.HI/c1-17-28-21(16-31-17)15-29-11-8-19(9-12-29)14-27-23(25-3)26-10-7-18-5-4-6-20(13-18)22(30)24-2;/h4-6,13,16,19H,7-12,14-15H2,1-3H3,(H,24,30)(H2,25,26,27);1H. The molecule has 2 aromatic rings. The molecule has 1 saturated heterocycles. The zero-order chi connectivity index (χ0) is 22.1. The zero-order valence-electron chi connectivity index (χ0n) is 19.2. The van der Waals surface area contributed by atoms with E-state index >= 15 is 0 Å². The molecule has 1 amide bonds. The Morgan fingerprint density at radius 1 is 1.28 bits per heavy atom. The first kappa shape index (κ1) is 26.5. The maximum absolute atomic E-state index is 11.8. The van der Waals surface area contributed by atoms with Gasteiger partial charge in [-0.25, -0.2) is 4.98 Å². The molecule has 176 valence electrons. The van der Waals surface area contributed by atoms with Gasteiger partial charge in [-0.2, -0.15) is 0 Å². The number of aryl methyl sites for hydroxylation is 1. The summed E-state index contributed by atoms with van der Waals surface area (Å²) in [5.74, 6) is 1.44. The van der Waals surface area contributed by atoms with Crippen LogP contribution in [0.15, 0.2) is 34.6 Å². The molecule has 3 N–H and O–H groups in total. The molecule has 0 bridgehead atoms. The third-order valence-corrected chi connectivity index (χ3v) is 6.49. The number of nitrogens with zero attached hydrogens (tertiary/aromatic N) is 3. The van der Waals surface area contributed by atoms with E-state index in [0.717, 1.165) is 55.7 Å². The SMILES string of the molecule is CN=C(NCCc1cccc(C(=O)NC)c1)NCC1CCN(Cc2csc(C)n2)CC1.I. The first-order valence-corrected chi connectivity index (χ1v) is 11.8. The average molecular weight is 571 g/mol. The molecular formula is C23H35IN6OS. The molecule has 0 radical (unpaired) electrons. The van der Waals surface area contributed by atoms with Crippen LogP contribution in [-0.2, 0) is 13.0 Å². The van der Waals surface area contributed by atoms with E-state index in [0.29, 0.717) is 11.5 Å². The molecule has 9 heteroatoms. The number of carbonyl (C=O) groups excluding carboxylic acids is 1. The van der Waals surface area contributed by atoms with E-state index in [2.05, 4.69) is 43.1 Å². The van der Waals surface area contributed by atoms with Crippen LogP contribution in [0.1, 0.15) is 39.5 Å². The van der Waals surface area contributed by atoms with E-state index in [1.807, 2.05) is 24.3 Å². The molecule has 0 atom stereocenters. The van der Waals surface area contributed by atoms with Gasteiger partial charge in [0.1, 0.15) is 0 Å². The van der Waals surface area contributed by atoms with Crippen molar-refractivity contribution in [3.8, 4) is 0 Å². The Kier molecular flexibility index (Phi) is 11.4. The van der Waals surface area contributed by atoms with Crippen molar-refractivity contribution in [1.82, 2.24) is 25.8 Å². The fraction of sp³-hybridized carbons (Fsp3) is 0.522. The fourth-order valence-electron chi connectivity index (χ4n) is 3.86. The predicted molar refractivity (Wildman–Crippen MR) is 143 cm³/mol. The summed E-state index contributed by atoms with van der Waals surface area (Å²) in [5.41, 5.74) is 3.02. The molecule has 7 nitrogen and oxygen atoms in total. The van der Waals surface area contributed by atoms with Crippen LogP contribution in [0.2, 0.25) is 0 Å². The molecule has 1 aromatic heterocycles. The molecule has 0 saturated carbocycles. The molecule has 0 aliphatic carbocycles. The van der Waals surface area contributed by atoms with Crippen molar-refractivity contribution in [3.63, 3.8) is 0 Å². The Balaban J connectivity index is 0.00000363. The first-order valence-electron chi connectivity index (χ1n) is 11.0. The van der Waals surface area contributed by atoms with Gasteiger partial charge in [0.15, 0.2) is 5.96 Å². The number of benzene rings is 1. The summed E-state index contributed by atoms with van der Waals surface area (Å²) in [6.45, 7) is 6.98. The molecular weight excluding hydrogens is 535 g/mol. The second-order valence-electron chi connectivity index (χ2n) is 7.99. The number of likely N-dealkylation sites (tertiary alicyclic amines) is 1. The lowest BCUT2D eigenvalue weighted by Crippen LogP contribution is -2.43. The molecule has 1 aliphatic rings. The lowest BCUT2D eigenvalue weighted by atomic mass is 9.97. The zero-order valence-corrected chi connectivity index (χ0v) is 22.3. The molecule has 3 rings (SSSR count). The van der Waals surface area contributed by atoms with Crippen LogP contribution in [0.3, 0.4) is 0 Å². The number of thiazole rings is 1. The number of hydrogen-bond donors (Lipinski definition) is 3. The van der Waals surface area contributed by atoms with Gasteiger partial charge in [-0.15, -0.1) is 35.3 Å². The van der Waals surface area contributed by atoms with Crippen LogP contribution >= 0.6 is 35.3 Å². The number of carbonyl (C=O) groups is 1. The minimum absolute atomic E-state index is 0. The molecule has 1 fully saturated rings. The number of piperidine rings is 1. The first-order chi connectivity index (χ1) is 15.1. The van der Waals surface area contributed by atoms with Gasteiger partial charge in [-0.3, -0.25) is 14.7 Å². The number of guanidine groups is 1. The molecule has 1 aliphatic heterocycles. The summed E-state index contributed by atoms with van der Waals surface area (Å²) < 4.78 is 0. The summed E-state index contributed by atoms with van der Waals surface area (Å²) in [6, 6.07) is 7.75. The van der Waals surface area contributed by atoms with Crippen molar-refractivity contribution in [2.24, 2.45) is 10.9 Å². The van der Waals surface area contributed by atoms with Gasteiger partial charge in [0.2, 0.25) is 0 Å². The number of aromatic nitrogens is 1. The molecule has 2 heterocycles. The van der Waals surface area contributed by atoms with E-state index in [4.69, 9.17) is 0 Å². The predicted octanol–water partition coefficient (Wildman–Crippen LogP) is 3.05. The van der Waals surface area contributed by atoms with Crippen molar-refractivity contribution < 1.29 is 4.79 Å². The minimum atomic E-state index is -0.0555. The van der Waals surface area contributed by atoms with Crippen molar-refractivity contribution in [3.05, 3.63) is 51.5 Å². The highest BCUT2D eigenvalue weighted by Gasteiger charge is 2.20. The lowest BCUT2D eigenvalue weighted by molar-refractivity contribution is 0.0963. The number of amides is 1. The Morgan fingerprint density at radius 2 is 2.06 bits per heavy atom. The van der Waals surface area contributed by atoms with Gasteiger partial charge in [0.25, 0.3) is 5.91 Å². The van der Waals surface area contributed by atoms with Crippen LogP contribution in [-0.4, -0.2) is 62.0 Å². The highest BCUT2D eigenvalue weighted by atomic mass is 127. The second kappa shape index (κ2) is 13.7. The van der Waals surface area contributed by atoms with Crippen LogP contribution < -0.4 is 16.0 Å². The van der Waals surface area contributed by atoms with Crippen molar-refractivity contribution in [2.75, 3.05) is 40.3 Å². The number of hydrogen-bond acceptors (Lipinski definition) is 5. The van der Waals surface area contributed by atoms with Crippen molar-refractivity contribution in [1.29, 1.82) is 0 Å². The van der Waals surface area contributed by atoms with E-state index in [1.54, 1.807) is 25.4 Å². The summed E-state index contributed by atoms with van der Waals surface area (Å²) in [4.78, 5) is 23.2. The van der Waals surface area contributed by atoms with E-state index in [9.17, 15) is 4.79 Å². The number of rotatable bonds is 8. The molecule has 0 spiro atoms. The number of halogens is 1. The van der Waals surface area contributed by atoms with Gasteiger partial charge in [0, 0.05) is 44.7 Å². The van der Waals surface area contributed by atoms with E-state index < -0.39 is 0 Å². The fourth-order valence-corrected chi connectivity index (χ4v) is 4.46. The van der Waals surface area contributed by atoms with Gasteiger partial charge < -0.3 is 16.0 Å². The molecule has 0 unspecified atom stereocenters. The van der Waals surface area contributed by atoms with Crippen LogP contribution in [0.4, 0.5) is 0 Å². The Morgan fingerprint density at radius 3 is 2.72 bits per heavy atom. The minimum Gasteiger partial charge on any atom is -0.356 e. The smallest absolute Gasteiger partial charge is 0.251 e. The van der Waals surface area contributed by atoms with Gasteiger partial charge in [0.05, 0.1) is 10.7 Å². The Labute approximate surface area is 212 Å². The van der Waals surface area contributed by atoms with E-state index in [-0.39, 0.29) is 29.9 Å². The summed E-state index contributed by atoms with van der Waals surface area (Å²) in [5, 5.41) is 12.8. The Bertz CT molecular complexity index is 879. The number of nitrogens with one attached hydrogen (secondary N) is 3. The lowest BCUT2D eigenvalue weighted by Gasteiger charge is -2.31. The maximum atomic E-state index is 11.8. The van der Waals surface area contributed by atoms with Gasteiger partial charge in [-0.05, 0) is 62.9 Å². The monoisotopic (exact) mass is 570 g/mol. The highest BCUT2D eigenvalue weighted by molar-refractivity contribution is 14.0. The third-order valence-electron chi connectivity index (χ3n) is 5.66. The quantitative estimate of drug-likeness (QED) is 0.258. The third kappa shape index (κ3) is 8.32. The second-order valence-corrected chi connectivity index (χ2v) is 9.05. The molecule has 1 aromatic carbocycles. The topological polar surface area (TPSA) is 81.6 Å². The largest absolute Gasteiger partial charge is 0.356 e. The average Bonchev–Trinajstić information content (AvgIpc) is 3.21. The van der Waals surface area contributed by atoms with E-state index in [1.165, 1.54) is 18.5 Å². The van der Waals surface area contributed by atoms with Crippen molar-refractivity contribution in [2.45, 2.75) is 32.7 Å². The van der Waals surface area contributed by atoms with Crippen molar-refractivity contribution >= 4 is 47.2 Å². The number of aliphatic imine (C=N–C) groups is 1.